The van der Waals surface area contributed by atoms with Crippen molar-refractivity contribution in [3.63, 3.8) is 0 Å². The number of hydrogen-bond acceptors (Lipinski definition) is 4. The van der Waals surface area contributed by atoms with Gasteiger partial charge < -0.3 is 15.1 Å². The Morgan fingerprint density at radius 3 is 3.05 bits per heavy atom. The van der Waals surface area contributed by atoms with E-state index in [9.17, 15) is 4.79 Å². The van der Waals surface area contributed by atoms with Gasteiger partial charge in [0.2, 0.25) is 0 Å². The van der Waals surface area contributed by atoms with Gasteiger partial charge in [0.05, 0.1) is 16.8 Å². The molecule has 0 aliphatic carbocycles. The average Bonchev–Trinajstić information content (AvgIpc) is 2.94. The van der Waals surface area contributed by atoms with Crippen molar-refractivity contribution >= 4 is 23.3 Å². The molecule has 0 saturated carbocycles. The number of anilines is 1. The number of nitrogens with zero attached hydrogens (tertiary/aromatic N) is 1. The van der Waals surface area contributed by atoms with E-state index in [4.69, 9.17) is 16.0 Å². The second-order valence-corrected chi connectivity index (χ2v) is 4.57. The maximum atomic E-state index is 12.1. The number of hydrogen-bond donors (Lipinski definition) is 2. The molecule has 0 saturated heterocycles. The second-order valence-electron chi connectivity index (χ2n) is 4.16. The molecule has 0 unspecified atom stereocenters. The number of rotatable bonds is 6. The fraction of sp³-hybridized carbons (Fsp3) is 0.286. The summed E-state index contributed by atoms with van der Waals surface area (Å²) in [6, 6.07) is 5.34. The third-order valence-corrected chi connectivity index (χ3v) is 3.00. The first-order chi connectivity index (χ1) is 9.70. The number of furan rings is 1. The van der Waals surface area contributed by atoms with Gasteiger partial charge in [-0.3, -0.25) is 4.79 Å². The van der Waals surface area contributed by atoms with Crippen LogP contribution in [0.5, 0.6) is 0 Å². The van der Waals surface area contributed by atoms with Crippen LogP contribution in [0.15, 0.2) is 35.1 Å². The molecule has 0 aromatic carbocycles. The van der Waals surface area contributed by atoms with Gasteiger partial charge in [0.15, 0.2) is 0 Å². The fourth-order valence-electron chi connectivity index (χ4n) is 1.74. The van der Waals surface area contributed by atoms with Crippen LogP contribution in [0.1, 0.15) is 23.0 Å². The number of aromatic nitrogens is 1. The van der Waals surface area contributed by atoms with Crippen molar-refractivity contribution in [1.29, 1.82) is 0 Å². The summed E-state index contributed by atoms with van der Waals surface area (Å²) in [4.78, 5) is 16.2. The minimum absolute atomic E-state index is 0.219. The van der Waals surface area contributed by atoms with Gasteiger partial charge in [-0.15, -0.1) is 0 Å². The highest BCUT2D eigenvalue weighted by molar-refractivity contribution is 6.33. The molecule has 0 bridgehead atoms. The maximum Gasteiger partial charge on any atom is 0.253 e. The molecule has 6 heteroatoms. The summed E-state index contributed by atoms with van der Waals surface area (Å²) < 4.78 is 5.20. The topological polar surface area (TPSA) is 67.2 Å². The van der Waals surface area contributed by atoms with Crippen LogP contribution in [0.2, 0.25) is 5.02 Å². The molecule has 2 aromatic rings. The normalized spacial score (nSPS) is 10.3. The van der Waals surface area contributed by atoms with Gasteiger partial charge in [-0.1, -0.05) is 11.6 Å². The van der Waals surface area contributed by atoms with Crippen molar-refractivity contribution in [3.05, 3.63) is 47.0 Å². The Bertz CT molecular complexity index is 570. The van der Waals surface area contributed by atoms with Crippen molar-refractivity contribution in [3.8, 4) is 0 Å². The number of nitrogens with one attached hydrogen (secondary N) is 2. The Morgan fingerprint density at radius 2 is 2.35 bits per heavy atom. The van der Waals surface area contributed by atoms with Crippen LogP contribution >= 0.6 is 11.6 Å². The Kier molecular flexibility index (Phi) is 5.01. The Morgan fingerprint density at radius 1 is 1.50 bits per heavy atom. The number of carbonyl (C=O) groups excluding carboxylic acids is 1. The van der Waals surface area contributed by atoms with E-state index in [0.717, 1.165) is 12.3 Å². The summed E-state index contributed by atoms with van der Waals surface area (Å²) in [5, 5.41) is 6.19. The van der Waals surface area contributed by atoms with Gasteiger partial charge in [-0.25, -0.2) is 4.98 Å². The first kappa shape index (κ1) is 14.4. The van der Waals surface area contributed by atoms with Crippen molar-refractivity contribution in [2.24, 2.45) is 0 Å². The maximum absolute atomic E-state index is 12.1. The molecule has 2 N–H and O–H groups in total. The minimum atomic E-state index is -0.219. The number of halogens is 1. The van der Waals surface area contributed by atoms with E-state index >= 15 is 0 Å². The lowest BCUT2D eigenvalue weighted by atomic mass is 10.2. The molecule has 5 nitrogen and oxygen atoms in total. The monoisotopic (exact) mass is 293 g/mol. The van der Waals surface area contributed by atoms with E-state index in [2.05, 4.69) is 15.6 Å². The van der Waals surface area contributed by atoms with Gasteiger partial charge in [-0.2, -0.15) is 0 Å². The molecule has 1 amide bonds. The predicted octanol–water partition coefficient (Wildman–Crippen LogP) is 2.73. The molecule has 2 aromatic heterocycles. The zero-order valence-corrected chi connectivity index (χ0v) is 11.9. The molecule has 0 fully saturated rings. The highest BCUT2D eigenvalue weighted by Crippen LogP contribution is 2.17. The predicted molar refractivity (Wildman–Crippen MR) is 78.2 cm³/mol. The van der Waals surface area contributed by atoms with E-state index < -0.39 is 0 Å². The third-order valence-electron chi connectivity index (χ3n) is 2.69. The van der Waals surface area contributed by atoms with Crippen LogP contribution in [0.25, 0.3) is 0 Å². The van der Waals surface area contributed by atoms with Crippen molar-refractivity contribution < 1.29 is 9.21 Å². The zero-order valence-electron chi connectivity index (χ0n) is 11.1. The Balaban J connectivity index is 1.95. The second kappa shape index (κ2) is 6.96. The van der Waals surface area contributed by atoms with E-state index in [0.29, 0.717) is 29.4 Å². The molecule has 0 radical (unpaired) electrons. The first-order valence-corrected chi connectivity index (χ1v) is 6.78. The fourth-order valence-corrected chi connectivity index (χ4v) is 1.93. The van der Waals surface area contributed by atoms with Crippen LogP contribution in [-0.2, 0) is 6.42 Å². The smallest absolute Gasteiger partial charge is 0.253 e. The van der Waals surface area contributed by atoms with Crippen molar-refractivity contribution in [2.75, 3.05) is 18.4 Å². The summed E-state index contributed by atoms with van der Waals surface area (Å²) in [6.07, 6.45) is 3.72. The van der Waals surface area contributed by atoms with Gasteiger partial charge in [0, 0.05) is 25.7 Å². The lowest BCUT2D eigenvalue weighted by Gasteiger charge is -2.08. The van der Waals surface area contributed by atoms with E-state index in [1.54, 1.807) is 12.3 Å². The molecule has 20 heavy (non-hydrogen) atoms. The summed E-state index contributed by atoms with van der Waals surface area (Å²) in [6.45, 7) is 3.18. The lowest BCUT2D eigenvalue weighted by molar-refractivity contribution is 0.0954. The quantitative estimate of drug-likeness (QED) is 0.859. The van der Waals surface area contributed by atoms with E-state index in [1.165, 1.54) is 6.20 Å². The largest absolute Gasteiger partial charge is 0.469 e. The average molecular weight is 294 g/mol. The van der Waals surface area contributed by atoms with Crippen LogP contribution in [0.3, 0.4) is 0 Å². The molecule has 0 spiro atoms. The SMILES string of the molecule is CCNc1cc(C(=O)NCCc2ccco2)c(Cl)cn1. The highest BCUT2D eigenvalue weighted by Gasteiger charge is 2.11. The summed E-state index contributed by atoms with van der Waals surface area (Å²) in [5.41, 5.74) is 0.414. The van der Waals surface area contributed by atoms with Crippen LogP contribution in [0.4, 0.5) is 5.82 Å². The molecule has 0 aliphatic rings. The zero-order chi connectivity index (χ0) is 14.4. The van der Waals surface area contributed by atoms with Crippen molar-refractivity contribution in [2.45, 2.75) is 13.3 Å². The summed E-state index contributed by atoms with van der Waals surface area (Å²) in [5.74, 6) is 1.25. The van der Waals surface area contributed by atoms with Crippen LogP contribution < -0.4 is 10.6 Å². The molecule has 0 atom stereocenters. The molecule has 106 valence electrons. The summed E-state index contributed by atoms with van der Waals surface area (Å²) in [7, 11) is 0. The molecular formula is C14H16ClN3O2. The third kappa shape index (κ3) is 3.74. The van der Waals surface area contributed by atoms with Crippen molar-refractivity contribution in [1.82, 2.24) is 10.3 Å². The molecule has 2 rings (SSSR count). The van der Waals surface area contributed by atoms with E-state index in [-0.39, 0.29) is 5.91 Å². The molecule has 0 aliphatic heterocycles. The molecular weight excluding hydrogens is 278 g/mol. The van der Waals surface area contributed by atoms with Gasteiger partial charge in [-0.05, 0) is 25.1 Å². The Labute approximate surface area is 122 Å². The first-order valence-electron chi connectivity index (χ1n) is 6.40. The van der Waals surface area contributed by atoms with Crippen LogP contribution in [0, 0.1) is 0 Å². The molecule has 2 heterocycles. The lowest BCUT2D eigenvalue weighted by Crippen LogP contribution is -2.26. The number of amides is 1. The van der Waals surface area contributed by atoms with Gasteiger partial charge in [0.25, 0.3) is 5.91 Å². The van der Waals surface area contributed by atoms with Gasteiger partial charge in [0.1, 0.15) is 11.6 Å². The standard InChI is InChI=1S/C14H16ClN3O2/c1-2-16-13-8-11(12(15)9-18-13)14(19)17-6-5-10-4-3-7-20-10/h3-4,7-9H,2,5-6H2,1H3,(H,16,18)(H,17,19). The van der Waals surface area contributed by atoms with Crippen LogP contribution in [-0.4, -0.2) is 24.0 Å². The number of carbonyl (C=O) groups is 1. The Hall–Kier alpha value is -2.01. The van der Waals surface area contributed by atoms with Gasteiger partial charge >= 0.3 is 0 Å². The summed E-state index contributed by atoms with van der Waals surface area (Å²) >= 11 is 6.00. The van der Waals surface area contributed by atoms with E-state index in [1.807, 2.05) is 19.1 Å². The minimum Gasteiger partial charge on any atom is -0.469 e. The highest BCUT2D eigenvalue weighted by atomic mass is 35.5. The number of pyridine rings is 1.